The van der Waals surface area contributed by atoms with Gasteiger partial charge in [-0.2, -0.15) is 0 Å². The number of carbonyl (C=O) groups excluding carboxylic acids is 1. The Morgan fingerprint density at radius 1 is 1.60 bits per heavy atom. The van der Waals surface area contributed by atoms with Crippen LogP contribution in [0.4, 0.5) is 0 Å². The van der Waals surface area contributed by atoms with Gasteiger partial charge in [0.25, 0.3) is 0 Å². The zero-order valence-corrected chi connectivity index (χ0v) is 9.83. The van der Waals surface area contributed by atoms with Crippen LogP contribution in [0.3, 0.4) is 0 Å². The summed E-state index contributed by atoms with van der Waals surface area (Å²) >= 11 is 0. The molecule has 1 N–H and O–H groups in total. The largest absolute Gasteiger partial charge is 0.394 e. The number of hydrogen-bond acceptors (Lipinski definition) is 4. The first-order valence-electron chi connectivity index (χ1n) is 4.98. The van der Waals surface area contributed by atoms with E-state index >= 15 is 0 Å². The molecular weight excluding hydrogens is 218 g/mol. The molecule has 1 amide bonds. The van der Waals surface area contributed by atoms with Crippen molar-refractivity contribution in [2.24, 2.45) is 0 Å². The SMILES string of the molecule is CC(C(=O)N1CCCC1CO)S(C)(=O)=O. The van der Waals surface area contributed by atoms with Gasteiger partial charge in [0.15, 0.2) is 9.84 Å². The number of carbonyl (C=O) groups is 1. The quantitative estimate of drug-likeness (QED) is 0.709. The van der Waals surface area contributed by atoms with Crippen molar-refractivity contribution >= 4 is 15.7 Å². The summed E-state index contributed by atoms with van der Waals surface area (Å²) in [6.07, 6.45) is 2.63. The molecule has 5 nitrogen and oxygen atoms in total. The molecule has 15 heavy (non-hydrogen) atoms. The van der Waals surface area contributed by atoms with Crippen molar-refractivity contribution in [3.05, 3.63) is 0 Å². The minimum Gasteiger partial charge on any atom is -0.394 e. The Hall–Kier alpha value is -0.620. The Labute approximate surface area is 90.0 Å². The summed E-state index contributed by atoms with van der Waals surface area (Å²) in [5.41, 5.74) is 0. The highest BCUT2D eigenvalue weighted by Gasteiger charge is 2.34. The maximum atomic E-state index is 11.8. The standard InChI is InChI=1S/C9H17NO4S/c1-7(15(2,13)14)9(12)10-5-3-4-8(10)6-11/h7-8,11H,3-6H2,1-2H3. The van der Waals surface area contributed by atoms with Gasteiger partial charge < -0.3 is 10.0 Å². The van der Waals surface area contributed by atoms with E-state index in [9.17, 15) is 13.2 Å². The van der Waals surface area contributed by atoms with E-state index in [1.807, 2.05) is 0 Å². The van der Waals surface area contributed by atoms with E-state index in [1.54, 1.807) is 0 Å². The maximum absolute atomic E-state index is 11.8. The fraction of sp³-hybridized carbons (Fsp3) is 0.889. The summed E-state index contributed by atoms with van der Waals surface area (Å²) < 4.78 is 22.4. The van der Waals surface area contributed by atoms with Crippen LogP contribution in [-0.2, 0) is 14.6 Å². The van der Waals surface area contributed by atoms with Gasteiger partial charge >= 0.3 is 0 Å². The second-order valence-electron chi connectivity index (χ2n) is 3.98. The number of likely N-dealkylation sites (tertiary alicyclic amines) is 1. The van der Waals surface area contributed by atoms with E-state index in [-0.39, 0.29) is 12.6 Å². The monoisotopic (exact) mass is 235 g/mol. The summed E-state index contributed by atoms with van der Waals surface area (Å²) in [6.45, 7) is 1.84. The molecule has 0 spiro atoms. The lowest BCUT2D eigenvalue weighted by atomic mass is 10.2. The molecule has 1 aliphatic rings. The van der Waals surface area contributed by atoms with Gasteiger partial charge in [0.05, 0.1) is 12.6 Å². The zero-order chi connectivity index (χ0) is 11.6. The molecule has 0 aromatic heterocycles. The molecule has 1 heterocycles. The van der Waals surface area contributed by atoms with Crippen LogP contribution >= 0.6 is 0 Å². The predicted molar refractivity (Wildman–Crippen MR) is 56.1 cm³/mol. The third kappa shape index (κ3) is 2.69. The van der Waals surface area contributed by atoms with E-state index < -0.39 is 21.0 Å². The molecule has 1 saturated heterocycles. The number of sulfone groups is 1. The number of amides is 1. The van der Waals surface area contributed by atoms with Gasteiger partial charge in [-0.25, -0.2) is 8.42 Å². The molecule has 0 radical (unpaired) electrons. The summed E-state index contributed by atoms with van der Waals surface area (Å²) in [5, 5.41) is 8.02. The van der Waals surface area contributed by atoms with Gasteiger partial charge in [-0.3, -0.25) is 4.79 Å². The van der Waals surface area contributed by atoms with Crippen molar-refractivity contribution in [2.45, 2.75) is 31.1 Å². The Morgan fingerprint density at radius 3 is 2.67 bits per heavy atom. The van der Waals surface area contributed by atoms with Gasteiger partial charge in [0, 0.05) is 12.8 Å². The fourth-order valence-corrected chi connectivity index (χ4v) is 2.23. The first-order valence-corrected chi connectivity index (χ1v) is 6.93. The van der Waals surface area contributed by atoms with E-state index in [0.29, 0.717) is 6.54 Å². The summed E-state index contributed by atoms with van der Waals surface area (Å²) in [6, 6.07) is -0.207. The molecule has 0 aromatic carbocycles. The molecule has 0 aliphatic carbocycles. The van der Waals surface area contributed by atoms with Gasteiger partial charge in [-0.15, -0.1) is 0 Å². The van der Waals surface area contributed by atoms with Crippen molar-refractivity contribution in [3.8, 4) is 0 Å². The number of hydrogen-bond donors (Lipinski definition) is 1. The maximum Gasteiger partial charge on any atom is 0.240 e. The highest BCUT2D eigenvalue weighted by atomic mass is 32.2. The Bertz CT molecular complexity index is 338. The fourth-order valence-electron chi connectivity index (χ4n) is 1.73. The molecular formula is C9H17NO4S. The first-order chi connectivity index (χ1) is 6.88. The van der Waals surface area contributed by atoms with Crippen molar-refractivity contribution in [1.29, 1.82) is 0 Å². The highest BCUT2D eigenvalue weighted by molar-refractivity contribution is 7.92. The zero-order valence-electron chi connectivity index (χ0n) is 9.01. The highest BCUT2D eigenvalue weighted by Crippen LogP contribution is 2.19. The number of rotatable bonds is 3. The molecule has 1 aliphatic heterocycles. The van der Waals surface area contributed by atoms with E-state index in [0.717, 1.165) is 19.1 Å². The van der Waals surface area contributed by atoms with Crippen molar-refractivity contribution in [1.82, 2.24) is 4.90 Å². The molecule has 1 rings (SSSR count). The van der Waals surface area contributed by atoms with Gasteiger partial charge in [-0.1, -0.05) is 0 Å². The van der Waals surface area contributed by atoms with Gasteiger partial charge in [0.1, 0.15) is 5.25 Å². The van der Waals surface area contributed by atoms with Crippen LogP contribution in [0.5, 0.6) is 0 Å². The molecule has 2 unspecified atom stereocenters. The number of nitrogens with zero attached hydrogens (tertiary/aromatic N) is 1. The summed E-state index contributed by atoms with van der Waals surface area (Å²) in [4.78, 5) is 13.3. The Kier molecular flexibility index (Phi) is 3.72. The number of aliphatic hydroxyl groups excluding tert-OH is 1. The second kappa shape index (κ2) is 4.49. The van der Waals surface area contributed by atoms with Crippen LogP contribution in [0, 0.1) is 0 Å². The summed E-state index contributed by atoms with van der Waals surface area (Å²) in [5.74, 6) is -0.394. The first kappa shape index (κ1) is 12.4. The smallest absolute Gasteiger partial charge is 0.240 e. The van der Waals surface area contributed by atoms with Crippen LogP contribution in [-0.4, -0.2) is 55.0 Å². The number of aliphatic hydroxyl groups is 1. The summed E-state index contributed by atoms with van der Waals surface area (Å²) in [7, 11) is -3.34. The third-order valence-corrected chi connectivity index (χ3v) is 4.35. The lowest BCUT2D eigenvalue weighted by molar-refractivity contribution is -0.131. The topological polar surface area (TPSA) is 74.7 Å². The van der Waals surface area contributed by atoms with Crippen molar-refractivity contribution < 1.29 is 18.3 Å². The van der Waals surface area contributed by atoms with Crippen molar-refractivity contribution in [3.63, 3.8) is 0 Å². The molecule has 0 bridgehead atoms. The molecule has 1 fully saturated rings. The van der Waals surface area contributed by atoms with Crippen LogP contribution in [0.2, 0.25) is 0 Å². The molecule has 0 saturated carbocycles. The van der Waals surface area contributed by atoms with Gasteiger partial charge in [0.2, 0.25) is 5.91 Å². The normalized spacial score (nSPS) is 24.2. The molecule has 2 atom stereocenters. The average molecular weight is 235 g/mol. The third-order valence-electron chi connectivity index (χ3n) is 2.86. The Morgan fingerprint density at radius 2 is 2.20 bits per heavy atom. The van der Waals surface area contributed by atoms with E-state index in [2.05, 4.69) is 0 Å². The van der Waals surface area contributed by atoms with Crippen LogP contribution in [0.15, 0.2) is 0 Å². The minimum atomic E-state index is -3.34. The van der Waals surface area contributed by atoms with E-state index in [1.165, 1.54) is 11.8 Å². The predicted octanol–water partition coefficient (Wildman–Crippen LogP) is -0.597. The molecule has 88 valence electrons. The van der Waals surface area contributed by atoms with Gasteiger partial charge in [-0.05, 0) is 19.8 Å². The van der Waals surface area contributed by atoms with Crippen LogP contribution in [0.1, 0.15) is 19.8 Å². The minimum absolute atomic E-state index is 0.0950. The van der Waals surface area contributed by atoms with Crippen molar-refractivity contribution in [2.75, 3.05) is 19.4 Å². The van der Waals surface area contributed by atoms with Crippen LogP contribution in [0.25, 0.3) is 0 Å². The van der Waals surface area contributed by atoms with E-state index in [4.69, 9.17) is 5.11 Å². The molecule has 6 heteroatoms. The van der Waals surface area contributed by atoms with Crippen LogP contribution < -0.4 is 0 Å². The second-order valence-corrected chi connectivity index (χ2v) is 6.35. The lowest BCUT2D eigenvalue weighted by Gasteiger charge is -2.25. The average Bonchev–Trinajstić information content (AvgIpc) is 2.61. The lowest BCUT2D eigenvalue weighted by Crippen LogP contribution is -2.45. The molecule has 0 aromatic rings. The Balaban J connectivity index is 2.76.